The van der Waals surface area contributed by atoms with E-state index in [1.165, 1.54) is 16.7 Å². The highest BCUT2D eigenvalue weighted by Crippen LogP contribution is 2.15. The summed E-state index contributed by atoms with van der Waals surface area (Å²) in [7, 11) is 0. The molecular weight excluding hydrogens is 260 g/mol. The van der Waals surface area contributed by atoms with E-state index in [0.717, 1.165) is 17.7 Å². The first kappa shape index (κ1) is 15.1. The molecule has 2 aromatic carbocycles. The summed E-state index contributed by atoms with van der Waals surface area (Å²) in [6, 6.07) is 14.2. The standard InChI is InChI=1S/C18H22N2O/c1-13-4-7-16(8-5-13)10-11-19-18(21)20-17-9-6-14(2)12-15(17)3/h4-9,12H,10-11H2,1-3H3,(H2,19,20,21). The van der Waals surface area contributed by atoms with Gasteiger partial charge < -0.3 is 10.6 Å². The van der Waals surface area contributed by atoms with Crippen LogP contribution in [-0.2, 0) is 6.42 Å². The second-order valence-electron chi connectivity index (χ2n) is 5.43. The molecule has 0 aliphatic heterocycles. The first-order valence-corrected chi connectivity index (χ1v) is 7.22. The fourth-order valence-electron chi connectivity index (χ4n) is 2.20. The van der Waals surface area contributed by atoms with Gasteiger partial charge in [-0.1, -0.05) is 47.5 Å². The van der Waals surface area contributed by atoms with Gasteiger partial charge in [0.2, 0.25) is 0 Å². The van der Waals surface area contributed by atoms with Gasteiger partial charge in [0.25, 0.3) is 0 Å². The lowest BCUT2D eigenvalue weighted by atomic mass is 10.1. The fraction of sp³-hybridized carbons (Fsp3) is 0.278. The van der Waals surface area contributed by atoms with Crippen LogP contribution in [0.3, 0.4) is 0 Å². The first-order valence-electron chi connectivity index (χ1n) is 7.22. The smallest absolute Gasteiger partial charge is 0.319 e. The van der Waals surface area contributed by atoms with Gasteiger partial charge in [0.1, 0.15) is 0 Å². The molecule has 2 rings (SSSR count). The number of nitrogens with one attached hydrogen (secondary N) is 2. The third-order valence-corrected chi connectivity index (χ3v) is 3.45. The molecule has 0 saturated carbocycles. The van der Waals surface area contributed by atoms with Crippen LogP contribution < -0.4 is 10.6 Å². The van der Waals surface area contributed by atoms with Crippen molar-refractivity contribution in [3.63, 3.8) is 0 Å². The van der Waals surface area contributed by atoms with Crippen LogP contribution in [0, 0.1) is 20.8 Å². The summed E-state index contributed by atoms with van der Waals surface area (Å²) in [5.41, 5.74) is 5.60. The van der Waals surface area contributed by atoms with Gasteiger partial charge in [-0.05, 0) is 44.4 Å². The number of hydrogen-bond donors (Lipinski definition) is 2. The Hall–Kier alpha value is -2.29. The van der Waals surface area contributed by atoms with Crippen molar-refractivity contribution in [2.75, 3.05) is 11.9 Å². The molecule has 3 heteroatoms. The summed E-state index contributed by atoms with van der Waals surface area (Å²) < 4.78 is 0. The number of benzene rings is 2. The molecule has 0 fully saturated rings. The molecule has 2 N–H and O–H groups in total. The van der Waals surface area contributed by atoms with Crippen LogP contribution in [0.1, 0.15) is 22.3 Å². The predicted molar refractivity (Wildman–Crippen MR) is 87.8 cm³/mol. The lowest BCUT2D eigenvalue weighted by Gasteiger charge is -2.10. The zero-order chi connectivity index (χ0) is 15.2. The van der Waals surface area contributed by atoms with Gasteiger partial charge in [-0.15, -0.1) is 0 Å². The minimum absolute atomic E-state index is 0.158. The first-order chi connectivity index (χ1) is 10.0. The average Bonchev–Trinajstić information content (AvgIpc) is 2.44. The van der Waals surface area contributed by atoms with E-state index in [1.807, 2.05) is 26.0 Å². The maximum absolute atomic E-state index is 11.9. The van der Waals surface area contributed by atoms with E-state index < -0.39 is 0 Å². The lowest BCUT2D eigenvalue weighted by Crippen LogP contribution is -2.30. The highest BCUT2D eigenvalue weighted by atomic mass is 16.2. The molecular formula is C18H22N2O. The molecule has 2 aromatic rings. The highest BCUT2D eigenvalue weighted by Gasteiger charge is 2.04. The zero-order valence-electron chi connectivity index (χ0n) is 12.9. The molecule has 0 heterocycles. The maximum Gasteiger partial charge on any atom is 0.319 e. The lowest BCUT2D eigenvalue weighted by molar-refractivity contribution is 0.252. The van der Waals surface area contributed by atoms with Gasteiger partial charge in [-0.2, -0.15) is 0 Å². The van der Waals surface area contributed by atoms with Gasteiger partial charge in [0, 0.05) is 12.2 Å². The quantitative estimate of drug-likeness (QED) is 0.875. The highest BCUT2D eigenvalue weighted by molar-refractivity contribution is 5.90. The van der Waals surface area contributed by atoms with E-state index in [4.69, 9.17) is 0 Å². The largest absolute Gasteiger partial charge is 0.338 e. The van der Waals surface area contributed by atoms with Gasteiger partial charge in [-0.3, -0.25) is 0 Å². The average molecular weight is 282 g/mol. The number of hydrogen-bond acceptors (Lipinski definition) is 1. The number of amides is 2. The van der Waals surface area contributed by atoms with E-state index in [-0.39, 0.29) is 6.03 Å². The van der Waals surface area contributed by atoms with E-state index in [0.29, 0.717) is 6.54 Å². The Kier molecular flexibility index (Phi) is 4.99. The molecule has 0 aliphatic rings. The Morgan fingerprint density at radius 2 is 1.62 bits per heavy atom. The van der Waals surface area contributed by atoms with Crippen molar-refractivity contribution in [3.05, 3.63) is 64.7 Å². The summed E-state index contributed by atoms with van der Waals surface area (Å²) >= 11 is 0. The molecule has 0 unspecified atom stereocenters. The molecule has 21 heavy (non-hydrogen) atoms. The number of carbonyl (C=O) groups is 1. The molecule has 0 atom stereocenters. The van der Waals surface area contributed by atoms with Crippen molar-refractivity contribution in [3.8, 4) is 0 Å². The van der Waals surface area contributed by atoms with E-state index >= 15 is 0 Å². The summed E-state index contributed by atoms with van der Waals surface area (Å²) in [6.45, 7) is 6.73. The minimum Gasteiger partial charge on any atom is -0.338 e. The maximum atomic E-state index is 11.9. The number of rotatable bonds is 4. The number of anilines is 1. The summed E-state index contributed by atoms with van der Waals surface area (Å²) in [5.74, 6) is 0. The molecule has 0 aromatic heterocycles. The van der Waals surface area contributed by atoms with Crippen LogP contribution in [0.15, 0.2) is 42.5 Å². The van der Waals surface area contributed by atoms with E-state index in [9.17, 15) is 4.79 Å². The second kappa shape index (κ2) is 6.93. The van der Waals surface area contributed by atoms with Gasteiger partial charge in [0.05, 0.1) is 0 Å². The number of carbonyl (C=O) groups excluding carboxylic acids is 1. The second-order valence-corrected chi connectivity index (χ2v) is 5.43. The van der Waals surface area contributed by atoms with Crippen molar-refractivity contribution >= 4 is 11.7 Å². The van der Waals surface area contributed by atoms with E-state index in [1.54, 1.807) is 0 Å². The van der Waals surface area contributed by atoms with Crippen molar-refractivity contribution in [2.45, 2.75) is 27.2 Å². The van der Waals surface area contributed by atoms with Crippen LogP contribution in [-0.4, -0.2) is 12.6 Å². The normalized spacial score (nSPS) is 10.2. The fourth-order valence-corrected chi connectivity index (χ4v) is 2.20. The van der Waals surface area contributed by atoms with Crippen LogP contribution >= 0.6 is 0 Å². The van der Waals surface area contributed by atoms with Gasteiger partial charge in [-0.25, -0.2) is 4.79 Å². The Balaban J connectivity index is 1.81. The van der Waals surface area contributed by atoms with Crippen LogP contribution in [0.25, 0.3) is 0 Å². The Morgan fingerprint density at radius 1 is 0.952 bits per heavy atom. The van der Waals surface area contributed by atoms with Crippen LogP contribution in [0.2, 0.25) is 0 Å². The third kappa shape index (κ3) is 4.63. The monoisotopic (exact) mass is 282 g/mol. The number of aryl methyl sites for hydroxylation is 3. The van der Waals surface area contributed by atoms with Crippen molar-refractivity contribution in [2.24, 2.45) is 0 Å². The molecule has 3 nitrogen and oxygen atoms in total. The third-order valence-electron chi connectivity index (χ3n) is 3.45. The predicted octanol–water partition coefficient (Wildman–Crippen LogP) is 3.98. The SMILES string of the molecule is Cc1ccc(CCNC(=O)Nc2ccc(C)cc2C)cc1. The molecule has 0 radical (unpaired) electrons. The molecule has 0 saturated heterocycles. The van der Waals surface area contributed by atoms with Gasteiger partial charge in [0.15, 0.2) is 0 Å². The molecule has 0 aliphatic carbocycles. The molecule has 2 amide bonds. The van der Waals surface area contributed by atoms with Crippen molar-refractivity contribution in [1.29, 1.82) is 0 Å². The summed E-state index contributed by atoms with van der Waals surface area (Å²) in [4.78, 5) is 11.9. The summed E-state index contributed by atoms with van der Waals surface area (Å²) in [5, 5.41) is 5.77. The van der Waals surface area contributed by atoms with Gasteiger partial charge >= 0.3 is 6.03 Å². The Morgan fingerprint density at radius 3 is 2.29 bits per heavy atom. The minimum atomic E-state index is -0.158. The van der Waals surface area contributed by atoms with Crippen LogP contribution in [0.4, 0.5) is 10.5 Å². The van der Waals surface area contributed by atoms with Crippen molar-refractivity contribution < 1.29 is 4.79 Å². The topological polar surface area (TPSA) is 41.1 Å². The molecule has 0 spiro atoms. The summed E-state index contributed by atoms with van der Waals surface area (Å²) in [6.07, 6.45) is 0.834. The van der Waals surface area contributed by atoms with Crippen molar-refractivity contribution in [1.82, 2.24) is 5.32 Å². The Bertz CT molecular complexity index is 618. The van der Waals surface area contributed by atoms with E-state index in [2.05, 4.69) is 47.9 Å². The molecule has 110 valence electrons. The Labute approximate surface area is 126 Å². The number of urea groups is 1. The molecule has 0 bridgehead atoms. The zero-order valence-corrected chi connectivity index (χ0v) is 12.9. The van der Waals surface area contributed by atoms with Crippen LogP contribution in [0.5, 0.6) is 0 Å².